The smallest absolute Gasteiger partial charge is 0.255 e. The lowest BCUT2D eigenvalue weighted by Crippen LogP contribution is -2.47. The third kappa shape index (κ3) is 13.2. The van der Waals surface area contributed by atoms with E-state index in [9.17, 15) is 29.4 Å². The van der Waals surface area contributed by atoms with Gasteiger partial charge in [-0.3, -0.25) is 50.7 Å². The molecule has 1 aliphatic heterocycles. The van der Waals surface area contributed by atoms with Gasteiger partial charge in [-0.15, -0.1) is 0 Å². The minimum Gasteiger partial charge on any atom is -0.506 e. The van der Waals surface area contributed by atoms with Crippen molar-refractivity contribution in [3.63, 3.8) is 0 Å². The number of carbonyl (C=O) groups excluding carboxylic acids is 4. The molecule has 2 aromatic carbocycles. The van der Waals surface area contributed by atoms with Crippen molar-refractivity contribution in [3.8, 4) is 11.5 Å². The zero-order valence-electron chi connectivity index (χ0n) is 29.2. The van der Waals surface area contributed by atoms with Crippen LogP contribution in [-0.4, -0.2) is 135 Å². The number of benzene rings is 2. The van der Waals surface area contributed by atoms with E-state index in [0.717, 1.165) is 39.0 Å². The zero-order chi connectivity index (χ0) is 36.1. The molecule has 2 bridgehead atoms. The van der Waals surface area contributed by atoms with Gasteiger partial charge in [0.05, 0.1) is 22.3 Å². The van der Waals surface area contributed by atoms with Gasteiger partial charge in [-0.25, -0.2) is 0 Å². The van der Waals surface area contributed by atoms with Crippen molar-refractivity contribution < 1.29 is 29.4 Å². The fourth-order valence-corrected chi connectivity index (χ4v) is 5.19. The Morgan fingerprint density at radius 2 is 1.16 bits per heavy atom. The van der Waals surface area contributed by atoms with E-state index < -0.39 is 23.6 Å². The molecule has 2 aromatic rings. The number of nitrogens with zero attached hydrogens (tertiary/aromatic N) is 2. The number of hydrogen-bond acceptors (Lipinski definition) is 12. The molecule has 16 nitrogen and oxygen atoms in total. The number of hydrogen-bond donors (Lipinski definition) is 10. The van der Waals surface area contributed by atoms with Gasteiger partial charge in [0.25, 0.3) is 23.6 Å². The number of rotatable bonds is 13. The van der Waals surface area contributed by atoms with Gasteiger partial charge in [0, 0.05) is 91.6 Å². The third-order valence-corrected chi connectivity index (χ3v) is 8.01. The van der Waals surface area contributed by atoms with Crippen LogP contribution in [0, 0.1) is 0 Å². The summed E-state index contributed by atoms with van der Waals surface area (Å²) in [4.78, 5) is 55.7. The molecule has 0 aromatic heterocycles. The highest BCUT2D eigenvalue weighted by molar-refractivity contribution is 6.04. The Bertz CT molecular complexity index is 1390. The summed E-state index contributed by atoms with van der Waals surface area (Å²) in [7, 11) is 0. The van der Waals surface area contributed by atoms with Crippen molar-refractivity contribution >= 4 is 23.6 Å². The van der Waals surface area contributed by atoms with Crippen LogP contribution in [0.2, 0.25) is 0 Å². The summed E-state index contributed by atoms with van der Waals surface area (Å²) in [6.45, 7) is 11.6. The topological polar surface area (TPSA) is 211 Å². The Kier molecular flexibility index (Phi) is 18.0. The Balaban J connectivity index is 1.70. The average Bonchev–Trinajstić information content (AvgIpc) is 3.11. The van der Waals surface area contributed by atoms with Crippen LogP contribution in [0.15, 0.2) is 36.4 Å². The predicted molar refractivity (Wildman–Crippen MR) is 191 cm³/mol. The minimum atomic E-state index is -0.514. The number of para-hydroxylation sites is 2. The summed E-state index contributed by atoms with van der Waals surface area (Å²) < 4.78 is 0. The van der Waals surface area contributed by atoms with Crippen LogP contribution < -0.4 is 43.0 Å². The van der Waals surface area contributed by atoms with Gasteiger partial charge in [-0.1, -0.05) is 26.0 Å². The summed E-state index contributed by atoms with van der Waals surface area (Å²) >= 11 is 0. The number of carbonyl (C=O) groups is 4. The fraction of sp³-hybridized carbons (Fsp3) is 0.529. The monoisotopic (exact) mass is 698 g/mol. The standard InChI is InChI=1S/C34H54N10O6/c1-3-11-35-31(47)25-7-5-9-27(29(25)45)33(49)37-15-19-43-20-16-38-34(50)28-10-6-8-26(30(28)46)32(48)36-13-14-40-42-18-22-44(24-23-43)21-17-41-39-12-4-2/h5-10,39-42,45-46H,3-4,11-24H2,1-2H3,(H,35,47)(H,36,48)(H,37,49)(H,38,50). The average molecular weight is 699 g/mol. The van der Waals surface area contributed by atoms with Crippen LogP contribution in [0.25, 0.3) is 0 Å². The normalized spacial score (nSPS) is 16.0. The van der Waals surface area contributed by atoms with E-state index in [1.807, 2.05) is 6.92 Å². The maximum atomic E-state index is 13.1. The predicted octanol–water partition coefficient (Wildman–Crippen LogP) is -0.657. The summed E-state index contributed by atoms with van der Waals surface area (Å²) in [6, 6.07) is 8.96. The molecule has 0 saturated carbocycles. The molecule has 276 valence electrons. The van der Waals surface area contributed by atoms with Crippen molar-refractivity contribution in [2.45, 2.75) is 26.7 Å². The first-order chi connectivity index (χ1) is 24.3. The number of fused-ring (bicyclic) bond motifs is 2. The van der Waals surface area contributed by atoms with Gasteiger partial charge in [0.1, 0.15) is 11.5 Å². The van der Waals surface area contributed by atoms with E-state index in [0.29, 0.717) is 52.4 Å². The summed E-state index contributed by atoms with van der Waals surface area (Å²) in [5.41, 5.74) is 12.8. The molecule has 1 heterocycles. The molecular weight excluding hydrogens is 644 g/mol. The van der Waals surface area contributed by atoms with E-state index in [2.05, 4.69) is 59.7 Å². The minimum absolute atomic E-state index is 0.00380. The zero-order valence-corrected chi connectivity index (χ0v) is 29.2. The van der Waals surface area contributed by atoms with Gasteiger partial charge >= 0.3 is 0 Å². The first-order valence-corrected chi connectivity index (χ1v) is 17.4. The van der Waals surface area contributed by atoms with Crippen LogP contribution in [0.1, 0.15) is 68.1 Å². The van der Waals surface area contributed by atoms with Crippen LogP contribution in [0.5, 0.6) is 11.5 Å². The van der Waals surface area contributed by atoms with E-state index in [-0.39, 0.29) is 46.8 Å². The number of aromatic hydroxyl groups is 2. The highest BCUT2D eigenvalue weighted by Crippen LogP contribution is 2.23. The van der Waals surface area contributed by atoms with E-state index >= 15 is 0 Å². The number of phenols is 2. The molecule has 3 rings (SSSR count). The van der Waals surface area contributed by atoms with Crippen molar-refractivity contribution in [3.05, 3.63) is 58.7 Å². The third-order valence-electron chi connectivity index (χ3n) is 8.01. The SMILES string of the molecule is CCCNNCCN1CCNNCCNC(=O)c2cccc(c2O)C(=O)NCCN(CCNC(=O)c2cccc(C(=O)NCCC)c2O)CC1. The first kappa shape index (κ1) is 40.1. The molecule has 0 atom stereocenters. The van der Waals surface area contributed by atoms with Gasteiger partial charge in [0.2, 0.25) is 0 Å². The molecule has 50 heavy (non-hydrogen) atoms. The van der Waals surface area contributed by atoms with Crippen molar-refractivity contribution in [1.29, 1.82) is 0 Å². The Morgan fingerprint density at radius 3 is 1.80 bits per heavy atom. The number of hydrazine groups is 2. The molecule has 0 saturated heterocycles. The van der Waals surface area contributed by atoms with E-state index in [1.54, 1.807) is 12.1 Å². The highest BCUT2D eigenvalue weighted by Gasteiger charge is 2.20. The Hall–Kier alpha value is -4.32. The van der Waals surface area contributed by atoms with E-state index in [4.69, 9.17) is 0 Å². The van der Waals surface area contributed by atoms with Crippen LogP contribution in [0.3, 0.4) is 0 Å². The first-order valence-electron chi connectivity index (χ1n) is 17.4. The summed E-state index contributed by atoms with van der Waals surface area (Å²) in [5, 5.41) is 32.6. The molecule has 0 spiro atoms. The second kappa shape index (κ2) is 22.4. The van der Waals surface area contributed by atoms with Crippen molar-refractivity contribution in [2.24, 2.45) is 0 Å². The number of amides is 4. The van der Waals surface area contributed by atoms with Crippen molar-refractivity contribution in [2.75, 3.05) is 91.6 Å². The van der Waals surface area contributed by atoms with Gasteiger partial charge in [-0.05, 0) is 37.1 Å². The molecule has 16 heteroatoms. The quantitative estimate of drug-likeness (QED) is 0.0934. The molecule has 1 aliphatic rings. The lowest BCUT2D eigenvalue weighted by atomic mass is 10.1. The van der Waals surface area contributed by atoms with E-state index in [1.165, 1.54) is 24.3 Å². The number of nitrogens with one attached hydrogen (secondary N) is 8. The molecule has 0 radical (unpaired) electrons. The molecule has 4 amide bonds. The lowest BCUT2D eigenvalue weighted by molar-refractivity contribution is 0.0933. The maximum Gasteiger partial charge on any atom is 0.255 e. The Morgan fingerprint density at radius 1 is 0.640 bits per heavy atom. The molecule has 0 aliphatic carbocycles. The van der Waals surface area contributed by atoms with Gasteiger partial charge in [-0.2, -0.15) is 0 Å². The van der Waals surface area contributed by atoms with Crippen LogP contribution in [0.4, 0.5) is 0 Å². The van der Waals surface area contributed by atoms with Gasteiger partial charge in [0.15, 0.2) is 0 Å². The van der Waals surface area contributed by atoms with Gasteiger partial charge < -0.3 is 31.5 Å². The highest BCUT2D eigenvalue weighted by atomic mass is 16.3. The second-order valence-corrected chi connectivity index (χ2v) is 11.8. The van der Waals surface area contributed by atoms with Crippen LogP contribution >= 0.6 is 0 Å². The largest absolute Gasteiger partial charge is 0.506 e. The molecule has 10 N–H and O–H groups in total. The lowest BCUT2D eigenvalue weighted by Gasteiger charge is -2.28. The Labute approximate surface area is 294 Å². The fourth-order valence-electron chi connectivity index (χ4n) is 5.19. The maximum absolute atomic E-state index is 13.1. The summed E-state index contributed by atoms with van der Waals surface area (Å²) in [6.07, 6.45) is 1.75. The summed E-state index contributed by atoms with van der Waals surface area (Å²) in [5.74, 6) is -2.73. The molecule has 0 unspecified atom stereocenters. The van der Waals surface area contributed by atoms with Crippen molar-refractivity contribution in [1.82, 2.24) is 52.8 Å². The molecular formula is C34H54N10O6. The number of phenolic OH excluding ortho intramolecular Hbond substituents is 2. The molecule has 0 fully saturated rings. The van der Waals surface area contributed by atoms with Crippen LogP contribution in [-0.2, 0) is 0 Å². The second-order valence-electron chi connectivity index (χ2n) is 11.8.